The van der Waals surface area contributed by atoms with Crippen LogP contribution in [0.1, 0.15) is 36.8 Å². The van der Waals surface area contributed by atoms with Crippen molar-refractivity contribution in [3.05, 3.63) is 71.8 Å². The van der Waals surface area contributed by atoms with E-state index < -0.39 is 16.9 Å². The summed E-state index contributed by atoms with van der Waals surface area (Å²) in [7, 11) is 0. The molecule has 2 heterocycles. The Morgan fingerprint density at radius 2 is 1.15 bits per heavy atom. The van der Waals surface area contributed by atoms with Gasteiger partial charge < -0.3 is 9.47 Å². The lowest BCUT2D eigenvalue weighted by Crippen LogP contribution is -2.61. The topological polar surface area (TPSA) is 43.2 Å². The third-order valence-corrected chi connectivity index (χ3v) is 7.29. The molecule has 4 atom stereocenters. The average molecular weight is 360 g/mol. The first-order valence-corrected chi connectivity index (χ1v) is 10.2. The first-order valence-electron chi connectivity index (χ1n) is 10.2. The van der Waals surface area contributed by atoms with Crippen LogP contribution in [-0.2, 0) is 20.6 Å². The molecule has 6 rings (SSSR count). The summed E-state index contributed by atoms with van der Waals surface area (Å²) in [4.78, 5) is 0. The van der Waals surface area contributed by atoms with E-state index in [1.54, 1.807) is 0 Å². The molecule has 2 aromatic carbocycles. The van der Waals surface area contributed by atoms with Gasteiger partial charge in [0.2, 0.25) is 5.79 Å². The van der Waals surface area contributed by atoms with Crippen molar-refractivity contribution in [2.75, 3.05) is 13.2 Å². The van der Waals surface area contributed by atoms with Gasteiger partial charge in [0, 0.05) is 11.8 Å². The number of hydrogen-bond donors (Lipinski definition) is 0. The van der Waals surface area contributed by atoms with Crippen molar-refractivity contribution in [2.24, 2.45) is 22.1 Å². The van der Waals surface area contributed by atoms with Crippen molar-refractivity contribution in [1.29, 1.82) is 0 Å². The maximum Gasteiger partial charge on any atom is 0.232 e. The molecule has 3 fully saturated rings. The van der Waals surface area contributed by atoms with E-state index in [4.69, 9.17) is 19.7 Å². The van der Waals surface area contributed by atoms with Gasteiger partial charge in [-0.05, 0) is 30.4 Å². The molecule has 4 heteroatoms. The van der Waals surface area contributed by atoms with Crippen molar-refractivity contribution < 1.29 is 9.47 Å². The van der Waals surface area contributed by atoms with E-state index in [1.807, 2.05) is 0 Å². The number of nitrogens with zero attached hydrogens (tertiary/aromatic N) is 2. The minimum atomic E-state index is -0.837. The smallest absolute Gasteiger partial charge is 0.232 e. The molecule has 1 spiro atoms. The van der Waals surface area contributed by atoms with E-state index in [1.165, 1.54) is 17.5 Å². The van der Waals surface area contributed by atoms with Crippen LogP contribution in [0.5, 0.6) is 0 Å². The Morgan fingerprint density at radius 3 is 1.63 bits per heavy atom. The SMILES string of the molecule is c1ccc(C23N=NC(c4ccccc4)(C4CCCC42)C32OCCCO2)cc1. The molecule has 0 amide bonds. The quantitative estimate of drug-likeness (QED) is 0.771. The number of ether oxygens (including phenoxy) is 2. The number of azo groups is 1. The molecule has 0 aromatic heterocycles. The van der Waals surface area contributed by atoms with Gasteiger partial charge in [0.05, 0.1) is 13.2 Å². The highest BCUT2D eigenvalue weighted by atomic mass is 16.7. The molecular formula is C23H24N2O2. The Labute approximate surface area is 159 Å². The Morgan fingerprint density at radius 1 is 0.667 bits per heavy atom. The standard InChI is InChI=1S/C23H24N2O2/c1-3-9-17(10-4-1)21-19-13-7-14-20(19)22(25-24-21,18-11-5-2-6-12-18)23(21)26-15-8-16-27-23/h1-6,9-12,19-20H,7-8,13-16H2. The summed E-state index contributed by atoms with van der Waals surface area (Å²) >= 11 is 0. The molecule has 0 radical (unpaired) electrons. The van der Waals surface area contributed by atoms with Gasteiger partial charge in [-0.2, -0.15) is 10.2 Å². The van der Waals surface area contributed by atoms with Crippen LogP contribution in [0, 0.1) is 11.8 Å². The van der Waals surface area contributed by atoms with Gasteiger partial charge in [-0.15, -0.1) is 0 Å². The maximum absolute atomic E-state index is 6.66. The first-order chi connectivity index (χ1) is 13.4. The molecule has 4 aliphatic rings. The largest absolute Gasteiger partial charge is 0.345 e. The highest BCUT2D eigenvalue weighted by molar-refractivity contribution is 5.46. The molecule has 2 bridgehead atoms. The van der Waals surface area contributed by atoms with E-state index in [-0.39, 0.29) is 0 Å². The zero-order chi connectivity index (χ0) is 18.0. The van der Waals surface area contributed by atoms with E-state index in [9.17, 15) is 0 Å². The van der Waals surface area contributed by atoms with Crippen LogP contribution in [0.2, 0.25) is 0 Å². The highest BCUT2D eigenvalue weighted by Crippen LogP contribution is 2.75. The molecule has 4 nitrogen and oxygen atoms in total. The van der Waals surface area contributed by atoms with Gasteiger partial charge >= 0.3 is 0 Å². The Hall–Kier alpha value is -2.04. The highest BCUT2D eigenvalue weighted by Gasteiger charge is 2.84. The second kappa shape index (κ2) is 5.49. The zero-order valence-electron chi connectivity index (χ0n) is 15.4. The number of fused-ring (bicyclic) bond motifs is 3. The number of hydrogen-bond acceptors (Lipinski definition) is 4. The summed E-state index contributed by atoms with van der Waals surface area (Å²) in [5, 5.41) is 10.1. The summed E-state index contributed by atoms with van der Waals surface area (Å²) in [6.07, 6.45) is 4.45. The fourth-order valence-electron chi connectivity index (χ4n) is 6.46. The van der Waals surface area contributed by atoms with Gasteiger partial charge in [-0.3, -0.25) is 0 Å². The van der Waals surface area contributed by atoms with Crippen molar-refractivity contribution in [3.63, 3.8) is 0 Å². The molecule has 2 saturated carbocycles. The second-order valence-electron chi connectivity index (χ2n) is 8.28. The predicted octanol–water partition coefficient (Wildman–Crippen LogP) is 4.81. The second-order valence-corrected chi connectivity index (χ2v) is 8.28. The fraction of sp³-hybridized carbons (Fsp3) is 0.478. The molecular weight excluding hydrogens is 336 g/mol. The van der Waals surface area contributed by atoms with E-state index >= 15 is 0 Å². The van der Waals surface area contributed by atoms with E-state index in [2.05, 4.69) is 60.7 Å². The van der Waals surface area contributed by atoms with Crippen LogP contribution >= 0.6 is 0 Å². The van der Waals surface area contributed by atoms with Crippen LogP contribution in [0.15, 0.2) is 70.9 Å². The van der Waals surface area contributed by atoms with Gasteiger partial charge in [-0.1, -0.05) is 67.1 Å². The van der Waals surface area contributed by atoms with Crippen molar-refractivity contribution >= 4 is 0 Å². The Bertz CT molecular complexity index is 812. The maximum atomic E-state index is 6.66. The summed E-state index contributed by atoms with van der Waals surface area (Å²) in [6, 6.07) is 21.3. The summed E-state index contributed by atoms with van der Waals surface area (Å²) in [5.41, 5.74) is 1.27. The average Bonchev–Trinajstić information content (AvgIpc) is 3.38. The molecule has 27 heavy (non-hydrogen) atoms. The minimum Gasteiger partial charge on any atom is -0.345 e. The van der Waals surface area contributed by atoms with Crippen molar-refractivity contribution in [3.8, 4) is 0 Å². The monoisotopic (exact) mass is 360 g/mol. The van der Waals surface area contributed by atoms with Crippen LogP contribution in [0.25, 0.3) is 0 Å². The lowest BCUT2D eigenvalue weighted by Gasteiger charge is -2.48. The summed E-state index contributed by atoms with van der Waals surface area (Å²) in [5.74, 6) is -0.0390. The van der Waals surface area contributed by atoms with Crippen molar-refractivity contribution in [2.45, 2.75) is 42.5 Å². The fourth-order valence-corrected chi connectivity index (χ4v) is 6.46. The van der Waals surface area contributed by atoms with E-state index in [0.717, 1.165) is 19.3 Å². The lowest BCUT2D eigenvalue weighted by molar-refractivity contribution is -0.314. The van der Waals surface area contributed by atoms with Gasteiger partial charge in [0.15, 0.2) is 11.1 Å². The number of benzene rings is 2. The third kappa shape index (κ3) is 1.68. The summed E-state index contributed by atoms with van der Waals surface area (Å²) in [6.45, 7) is 1.40. The van der Waals surface area contributed by atoms with Crippen LogP contribution in [-0.4, -0.2) is 19.0 Å². The molecule has 4 unspecified atom stereocenters. The van der Waals surface area contributed by atoms with E-state index in [0.29, 0.717) is 25.0 Å². The van der Waals surface area contributed by atoms with Gasteiger partial charge in [0.25, 0.3) is 0 Å². The molecule has 2 aliphatic carbocycles. The Kier molecular flexibility index (Phi) is 3.25. The van der Waals surface area contributed by atoms with Crippen LogP contribution in [0.4, 0.5) is 0 Å². The predicted molar refractivity (Wildman–Crippen MR) is 101 cm³/mol. The molecule has 2 aliphatic heterocycles. The van der Waals surface area contributed by atoms with Crippen molar-refractivity contribution in [1.82, 2.24) is 0 Å². The Balaban J connectivity index is 1.67. The normalized spacial score (nSPS) is 38.4. The van der Waals surface area contributed by atoms with Gasteiger partial charge in [-0.25, -0.2) is 0 Å². The minimum absolute atomic E-state index is 0.399. The number of rotatable bonds is 2. The first kappa shape index (κ1) is 16.0. The lowest BCUT2D eigenvalue weighted by atomic mass is 9.74. The van der Waals surface area contributed by atoms with Crippen LogP contribution < -0.4 is 0 Å². The third-order valence-electron chi connectivity index (χ3n) is 7.29. The van der Waals surface area contributed by atoms with Gasteiger partial charge in [0.1, 0.15) is 0 Å². The van der Waals surface area contributed by atoms with Crippen LogP contribution in [0.3, 0.4) is 0 Å². The zero-order valence-corrected chi connectivity index (χ0v) is 15.4. The molecule has 1 saturated heterocycles. The molecule has 0 N–H and O–H groups in total. The molecule has 2 aromatic rings. The summed E-state index contributed by atoms with van der Waals surface area (Å²) < 4.78 is 13.3. The molecule has 138 valence electrons.